The number of ketones is 1. The number of carbonyl (C=O) groups excluding carboxylic acids is 1. The van der Waals surface area contributed by atoms with Crippen molar-refractivity contribution in [2.24, 2.45) is 5.41 Å². The third-order valence-electron chi connectivity index (χ3n) is 2.23. The molecule has 0 aliphatic heterocycles. The third kappa shape index (κ3) is 6.88. The topological polar surface area (TPSA) is 17.1 Å². The van der Waals surface area contributed by atoms with Crippen molar-refractivity contribution >= 4 is 5.78 Å². The van der Waals surface area contributed by atoms with Gasteiger partial charge in [0.1, 0.15) is 0 Å². The first kappa shape index (κ1) is 13.4. The zero-order chi connectivity index (χ0) is 11.0. The summed E-state index contributed by atoms with van der Waals surface area (Å²) in [4.78, 5) is 11.5. The first-order chi connectivity index (χ1) is 6.48. The van der Waals surface area contributed by atoms with Crippen LogP contribution >= 0.6 is 0 Å². The first-order valence-electron chi connectivity index (χ1n) is 5.69. The fourth-order valence-corrected chi connectivity index (χ4v) is 1.13. The van der Waals surface area contributed by atoms with E-state index in [1.54, 1.807) is 6.08 Å². The second-order valence-corrected chi connectivity index (χ2v) is 4.87. The van der Waals surface area contributed by atoms with Crippen LogP contribution in [0.4, 0.5) is 0 Å². The van der Waals surface area contributed by atoms with Gasteiger partial charge < -0.3 is 0 Å². The average molecular weight is 196 g/mol. The van der Waals surface area contributed by atoms with E-state index in [1.807, 2.05) is 26.8 Å². The minimum absolute atomic E-state index is 0.222. The number of hydrogen-bond donors (Lipinski definition) is 0. The molecule has 0 amide bonds. The highest BCUT2D eigenvalue weighted by atomic mass is 16.1. The summed E-state index contributed by atoms with van der Waals surface area (Å²) in [5, 5.41) is 0. The predicted octanol–water partition coefficient (Wildman–Crippen LogP) is 4.13. The van der Waals surface area contributed by atoms with Crippen molar-refractivity contribution in [3.05, 3.63) is 12.2 Å². The summed E-state index contributed by atoms with van der Waals surface area (Å²) in [6.45, 7) is 8.07. The van der Waals surface area contributed by atoms with Gasteiger partial charge in [0.25, 0.3) is 0 Å². The van der Waals surface area contributed by atoms with Gasteiger partial charge in [-0.15, -0.1) is 0 Å². The summed E-state index contributed by atoms with van der Waals surface area (Å²) in [5.41, 5.74) is -0.222. The monoisotopic (exact) mass is 196 g/mol. The second kappa shape index (κ2) is 6.80. The Balaban J connectivity index is 3.58. The van der Waals surface area contributed by atoms with Gasteiger partial charge in [-0.3, -0.25) is 4.79 Å². The predicted molar refractivity (Wildman–Crippen MR) is 62.4 cm³/mol. The molecule has 82 valence electrons. The number of rotatable bonds is 6. The molecular weight excluding hydrogens is 172 g/mol. The van der Waals surface area contributed by atoms with Crippen molar-refractivity contribution in [2.75, 3.05) is 0 Å². The van der Waals surface area contributed by atoms with Crippen LogP contribution in [0.1, 0.15) is 59.8 Å². The van der Waals surface area contributed by atoms with Gasteiger partial charge in [0.2, 0.25) is 0 Å². The molecule has 0 saturated carbocycles. The van der Waals surface area contributed by atoms with Gasteiger partial charge in [-0.1, -0.05) is 53.0 Å². The lowest BCUT2D eigenvalue weighted by molar-refractivity contribution is -0.121. The summed E-state index contributed by atoms with van der Waals surface area (Å²) in [7, 11) is 0. The maximum atomic E-state index is 11.5. The van der Waals surface area contributed by atoms with Crippen LogP contribution in [0, 0.1) is 5.41 Å². The van der Waals surface area contributed by atoms with Gasteiger partial charge in [0.05, 0.1) is 0 Å². The highest BCUT2D eigenvalue weighted by Gasteiger charge is 2.17. The highest BCUT2D eigenvalue weighted by molar-refractivity contribution is 5.93. The minimum Gasteiger partial charge on any atom is -0.294 e. The summed E-state index contributed by atoms with van der Waals surface area (Å²) >= 11 is 0. The van der Waals surface area contributed by atoms with E-state index in [-0.39, 0.29) is 11.2 Å². The van der Waals surface area contributed by atoms with Crippen LogP contribution in [-0.4, -0.2) is 5.78 Å². The van der Waals surface area contributed by atoms with E-state index in [2.05, 4.69) is 6.92 Å². The number of allylic oxidation sites excluding steroid dienone is 2. The lowest BCUT2D eigenvalue weighted by Gasteiger charge is -2.12. The number of hydrogen-bond acceptors (Lipinski definition) is 1. The van der Waals surface area contributed by atoms with Gasteiger partial charge in [-0.2, -0.15) is 0 Å². The normalized spacial score (nSPS) is 12.3. The van der Waals surface area contributed by atoms with Crippen molar-refractivity contribution in [3.8, 4) is 0 Å². The second-order valence-electron chi connectivity index (χ2n) is 4.87. The number of carbonyl (C=O) groups is 1. The Morgan fingerprint density at radius 3 is 2.29 bits per heavy atom. The molecule has 0 rings (SSSR count). The maximum absolute atomic E-state index is 11.5. The van der Waals surface area contributed by atoms with Crippen LogP contribution in [0.5, 0.6) is 0 Å². The SMILES string of the molecule is CCCCCC/C=C/C(=O)C(C)(C)C. The third-order valence-corrected chi connectivity index (χ3v) is 2.23. The highest BCUT2D eigenvalue weighted by Crippen LogP contribution is 2.15. The first-order valence-corrected chi connectivity index (χ1v) is 5.69. The van der Waals surface area contributed by atoms with Gasteiger partial charge in [-0.25, -0.2) is 0 Å². The fraction of sp³-hybridized carbons (Fsp3) is 0.769. The van der Waals surface area contributed by atoms with Crippen LogP contribution in [0.2, 0.25) is 0 Å². The Morgan fingerprint density at radius 2 is 1.79 bits per heavy atom. The molecule has 0 heterocycles. The van der Waals surface area contributed by atoms with E-state index in [1.165, 1.54) is 25.7 Å². The fourth-order valence-electron chi connectivity index (χ4n) is 1.13. The summed E-state index contributed by atoms with van der Waals surface area (Å²) in [6.07, 6.45) is 9.87. The van der Waals surface area contributed by atoms with Crippen LogP contribution < -0.4 is 0 Å². The lowest BCUT2D eigenvalue weighted by atomic mass is 9.90. The van der Waals surface area contributed by atoms with Crippen molar-refractivity contribution < 1.29 is 4.79 Å². The van der Waals surface area contributed by atoms with Crippen LogP contribution in [-0.2, 0) is 4.79 Å². The maximum Gasteiger partial charge on any atom is 0.160 e. The molecule has 0 radical (unpaired) electrons. The van der Waals surface area contributed by atoms with E-state index in [0.29, 0.717) is 0 Å². The van der Waals surface area contributed by atoms with Crippen molar-refractivity contribution in [2.45, 2.75) is 59.8 Å². The largest absolute Gasteiger partial charge is 0.294 e. The van der Waals surface area contributed by atoms with Crippen molar-refractivity contribution in [1.82, 2.24) is 0 Å². The summed E-state index contributed by atoms with van der Waals surface area (Å²) in [5.74, 6) is 0.230. The van der Waals surface area contributed by atoms with Crippen molar-refractivity contribution in [3.63, 3.8) is 0 Å². The molecule has 0 bridgehead atoms. The summed E-state index contributed by atoms with van der Waals surface area (Å²) < 4.78 is 0. The van der Waals surface area contributed by atoms with E-state index in [4.69, 9.17) is 0 Å². The standard InChI is InChI=1S/C13H24O/c1-5-6-7-8-9-10-11-12(14)13(2,3)4/h10-11H,5-9H2,1-4H3/b11-10+. The van der Waals surface area contributed by atoms with E-state index in [0.717, 1.165) is 6.42 Å². The molecule has 0 spiro atoms. The smallest absolute Gasteiger partial charge is 0.160 e. The summed E-state index contributed by atoms with van der Waals surface area (Å²) in [6, 6.07) is 0. The zero-order valence-corrected chi connectivity index (χ0v) is 10.1. The molecule has 0 fully saturated rings. The van der Waals surface area contributed by atoms with Crippen molar-refractivity contribution in [1.29, 1.82) is 0 Å². The molecule has 0 aromatic heterocycles. The van der Waals surface area contributed by atoms with E-state index >= 15 is 0 Å². The average Bonchev–Trinajstić information content (AvgIpc) is 2.09. The Bertz CT molecular complexity index is 184. The Kier molecular flexibility index (Phi) is 6.52. The zero-order valence-electron chi connectivity index (χ0n) is 10.1. The van der Waals surface area contributed by atoms with Gasteiger partial charge in [-0.05, 0) is 18.9 Å². The van der Waals surface area contributed by atoms with Crippen LogP contribution in [0.15, 0.2) is 12.2 Å². The molecular formula is C13H24O. The molecule has 0 aliphatic rings. The Morgan fingerprint density at radius 1 is 1.14 bits per heavy atom. The molecule has 0 N–H and O–H groups in total. The minimum atomic E-state index is -0.222. The van der Waals surface area contributed by atoms with Crippen LogP contribution in [0.25, 0.3) is 0 Å². The van der Waals surface area contributed by atoms with Crippen LogP contribution in [0.3, 0.4) is 0 Å². The van der Waals surface area contributed by atoms with E-state index in [9.17, 15) is 4.79 Å². The molecule has 1 nitrogen and oxygen atoms in total. The lowest BCUT2D eigenvalue weighted by Crippen LogP contribution is -2.17. The molecule has 14 heavy (non-hydrogen) atoms. The Labute approximate surface area is 88.6 Å². The van der Waals surface area contributed by atoms with Gasteiger partial charge in [0.15, 0.2) is 5.78 Å². The molecule has 0 aliphatic carbocycles. The molecule has 1 heteroatoms. The Hall–Kier alpha value is -0.590. The molecule has 0 aromatic carbocycles. The molecule has 0 aromatic rings. The van der Waals surface area contributed by atoms with Gasteiger partial charge >= 0.3 is 0 Å². The van der Waals surface area contributed by atoms with E-state index < -0.39 is 0 Å². The quantitative estimate of drug-likeness (QED) is 0.461. The molecule has 0 unspecified atom stereocenters. The molecule has 0 saturated heterocycles. The molecule has 0 atom stereocenters. The number of unbranched alkanes of at least 4 members (excludes halogenated alkanes) is 4. The van der Waals surface area contributed by atoms with Gasteiger partial charge in [0, 0.05) is 5.41 Å².